The lowest BCUT2D eigenvalue weighted by Crippen LogP contribution is -2.07. The summed E-state index contributed by atoms with van der Waals surface area (Å²) in [5.41, 5.74) is 0. The fourth-order valence-corrected chi connectivity index (χ4v) is 2.79. The van der Waals surface area contributed by atoms with E-state index in [4.69, 9.17) is 4.74 Å². The molecule has 3 heteroatoms. The summed E-state index contributed by atoms with van der Waals surface area (Å²) in [6.07, 6.45) is 13.1. The van der Waals surface area contributed by atoms with E-state index in [2.05, 4.69) is 13.0 Å². The maximum absolute atomic E-state index is 11.6. The van der Waals surface area contributed by atoms with E-state index < -0.39 is 0 Å². The van der Waals surface area contributed by atoms with Crippen LogP contribution in [0.2, 0.25) is 0 Å². The van der Waals surface area contributed by atoms with Crippen molar-refractivity contribution in [1.29, 1.82) is 0 Å². The highest BCUT2D eigenvalue weighted by Crippen LogP contribution is 2.16. The van der Waals surface area contributed by atoms with Crippen LogP contribution in [0.25, 0.3) is 0 Å². The van der Waals surface area contributed by atoms with Gasteiger partial charge in [-0.15, -0.1) is 11.8 Å². The zero-order valence-corrected chi connectivity index (χ0v) is 14.4. The van der Waals surface area contributed by atoms with Crippen LogP contribution in [0.5, 0.6) is 0 Å². The van der Waals surface area contributed by atoms with E-state index >= 15 is 0 Å². The average molecular weight is 320 g/mol. The Morgan fingerprint density at radius 2 is 1.77 bits per heavy atom. The minimum atomic E-state index is -0.155. The van der Waals surface area contributed by atoms with E-state index in [-0.39, 0.29) is 5.97 Å². The van der Waals surface area contributed by atoms with Crippen molar-refractivity contribution in [3.63, 3.8) is 0 Å². The number of thioether (sulfide) groups is 1. The van der Waals surface area contributed by atoms with E-state index in [1.807, 2.05) is 36.4 Å². The van der Waals surface area contributed by atoms with Gasteiger partial charge in [0.15, 0.2) is 0 Å². The second-order valence-corrected chi connectivity index (χ2v) is 6.36. The molecule has 1 rings (SSSR count). The highest BCUT2D eigenvalue weighted by atomic mass is 32.2. The topological polar surface area (TPSA) is 26.3 Å². The van der Waals surface area contributed by atoms with Crippen LogP contribution in [0.1, 0.15) is 51.9 Å². The predicted octanol–water partition coefficient (Wildman–Crippen LogP) is 5.63. The third-order valence-electron chi connectivity index (χ3n) is 3.33. The largest absolute Gasteiger partial charge is 0.461 e. The average Bonchev–Trinajstić information content (AvgIpc) is 2.55. The molecular formula is C19H28O2S. The van der Waals surface area contributed by atoms with Crippen molar-refractivity contribution in [2.45, 2.75) is 56.8 Å². The monoisotopic (exact) mass is 320 g/mol. The number of ether oxygens (including phenoxy) is 1. The molecule has 0 saturated carbocycles. The molecule has 22 heavy (non-hydrogen) atoms. The molecule has 1 aromatic carbocycles. The van der Waals surface area contributed by atoms with Crippen molar-refractivity contribution >= 4 is 17.7 Å². The summed E-state index contributed by atoms with van der Waals surface area (Å²) < 4.78 is 5.18. The number of unbranched alkanes of at least 4 members (excludes halogenated alkanes) is 6. The van der Waals surface area contributed by atoms with Gasteiger partial charge in [0.1, 0.15) is 6.61 Å². The number of rotatable bonds is 12. The molecule has 0 aliphatic carbocycles. The molecule has 0 fully saturated rings. The SMILES string of the molecule is CCCCCCCC/C=C/COC(=O)CSc1ccccc1. The van der Waals surface area contributed by atoms with Gasteiger partial charge in [-0.05, 0) is 25.0 Å². The van der Waals surface area contributed by atoms with Crippen molar-refractivity contribution in [2.75, 3.05) is 12.4 Å². The van der Waals surface area contributed by atoms with E-state index in [0.29, 0.717) is 12.4 Å². The lowest BCUT2D eigenvalue weighted by molar-refractivity contribution is -0.139. The summed E-state index contributed by atoms with van der Waals surface area (Å²) in [7, 11) is 0. The Balaban J connectivity index is 1.95. The molecule has 0 radical (unpaired) electrons. The molecule has 0 N–H and O–H groups in total. The summed E-state index contributed by atoms with van der Waals surface area (Å²) in [6, 6.07) is 9.91. The van der Waals surface area contributed by atoms with Gasteiger partial charge >= 0.3 is 5.97 Å². The fraction of sp³-hybridized carbons (Fsp3) is 0.526. The van der Waals surface area contributed by atoms with E-state index in [9.17, 15) is 4.79 Å². The van der Waals surface area contributed by atoms with Crippen LogP contribution in [0.3, 0.4) is 0 Å². The number of esters is 1. The third kappa shape index (κ3) is 10.5. The third-order valence-corrected chi connectivity index (χ3v) is 4.32. The zero-order chi connectivity index (χ0) is 15.9. The molecular weight excluding hydrogens is 292 g/mol. The Morgan fingerprint density at radius 1 is 1.05 bits per heavy atom. The minimum Gasteiger partial charge on any atom is -0.461 e. The number of hydrogen-bond acceptors (Lipinski definition) is 3. The molecule has 0 bridgehead atoms. The van der Waals surface area contributed by atoms with Gasteiger partial charge in [-0.3, -0.25) is 4.79 Å². The van der Waals surface area contributed by atoms with Crippen molar-refractivity contribution in [3.05, 3.63) is 42.5 Å². The first kappa shape index (κ1) is 18.8. The van der Waals surface area contributed by atoms with Gasteiger partial charge in [0, 0.05) is 4.90 Å². The van der Waals surface area contributed by atoms with E-state index in [0.717, 1.165) is 11.3 Å². The molecule has 0 spiro atoms. The van der Waals surface area contributed by atoms with Crippen molar-refractivity contribution in [3.8, 4) is 0 Å². The Morgan fingerprint density at radius 3 is 2.55 bits per heavy atom. The number of benzene rings is 1. The Labute approximate surface area is 139 Å². The highest BCUT2D eigenvalue weighted by molar-refractivity contribution is 8.00. The normalized spacial score (nSPS) is 11.0. The summed E-state index contributed by atoms with van der Waals surface area (Å²) in [5.74, 6) is 0.216. The molecule has 0 atom stereocenters. The zero-order valence-electron chi connectivity index (χ0n) is 13.6. The smallest absolute Gasteiger partial charge is 0.316 e. The highest BCUT2D eigenvalue weighted by Gasteiger charge is 2.02. The van der Waals surface area contributed by atoms with Crippen LogP contribution in [0, 0.1) is 0 Å². The summed E-state index contributed by atoms with van der Waals surface area (Å²) in [4.78, 5) is 12.7. The van der Waals surface area contributed by atoms with Crippen LogP contribution >= 0.6 is 11.8 Å². The summed E-state index contributed by atoms with van der Waals surface area (Å²) in [5, 5.41) is 0. The first-order valence-corrected chi connectivity index (χ1v) is 9.30. The molecule has 0 aliphatic heterocycles. The van der Waals surface area contributed by atoms with Crippen LogP contribution in [-0.2, 0) is 9.53 Å². The van der Waals surface area contributed by atoms with Gasteiger partial charge in [-0.2, -0.15) is 0 Å². The molecule has 0 heterocycles. The van der Waals surface area contributed by atoms with Gasteiger partial charge in [0.05, 0.1) is 5.75 Å². The van der Waals surface area contributed by atoms with E-state index in [1.165, 1.54) is 50.3 Å². The van der Waals surface area contributed by atoms with Crippen LogP contribution in [0.15, 0.2) is 47.4 Å². The molecule has 0 amide bonds. The molecule has 0 aliphatic rings. The predicted molar refractivity (Wildman–Crippen MR) is 95.3 cm³/mol. The van der Waals surface area contributed by atoms with Gasteiger partial charge in [-0.1, -0.05) is 69.4 Å². The van der Waals surface area contributed by atoms with Crippen molar-refractivity contribution < 1.29 is 9.53 Å². The Bertz CT molecular complexity index is 415. The van der Waals surface area contributed by atoms with Gasteiger partial charge in [0.2, 0.25) is 0 Å². The van der Waals surface area contributed by atoms with Gasteiger partial charge < -0.3 is 4.74 Å². The Kier molecular flexibility index (Phi) is 11.5. The number of allylic oxidation sites excluding steroid dienone is 1. The molecule has 0 aromatic heterocycles. The van der Waals surface area contributed by atoms with Crippen molar-refractivity contribution in [1.82, 2.24) is 0 Å². The van der Waals surface area contributed by atoms with Crippen LogP contribution in [-0.4, -0.2) is 18.3 Å². The number of carbonyl (C=O) groups is 1. The minimum absolute atomic E-state index is 0.155. The molecule has 0 saturated heterocycles. The second kappa shape index (κ2) is 13.4. The standard InChI is InChI=1S/C19H28O2S/c1-2-3-4-5-6-7-8-9-13-16-21-19(20)17-22-18-14-11-10-12-15-18/h9-15H,2-8,16-17H2,1H3/b13-9+. The molecule has 2 nitrogen and oxygen atoms in total. The van der Waals surface area contributed by atoms with E-state index in [1.54, 1.807) is 0 Å². The fourth-order valence-electron chi connectivity index (χ4n) is 2.07. The lowest BCUT2D eigenvalue weighted by Gasteiger charge is -2.02. The number of carbonyl (C=O) groups excluding carboxylic acids is 1. The quantitative estimate of drug-likeness (QED) is 0.216. The van der Waals surface area contributed by atoms with Gasteiger partial charge in [0.25, 0.3) is 0 Å². The number of hydrogen-bond donors (Lipinski definition) is 0. The first-order chi connectivity index (χ1) is 10.8. The summed E-state index contributed by atoms with van der Waals surface area (Å²) >= 11 is 1.51. The van der Waals surface area contributed by atoms with Crippen LogP contribution in [0.4, 0.5) is 0 Å². The Hall–Kier alpha value is -1.22. The maximum atomic E-state index is 11.6. The maximum Gasteiger partial charge on any atom is 0.316 e. The lowest BCUT2D eigenvalue weighted by atomic mass is 10.1. The first-order valence-electron chi connectivity index (χ1n) is 8.31. The summed E-state index contributed by atoms with van der Waals surface area (Å²) in [6.45, 7) is 2.63. The molecule has 1 aromatic rings. The molecule has 122 valence electrons. The van der Waals surface area contributed by atoms with Gasteiger partial charge in [-0.25, -0.2) is 0 Å². The molecule has 0 unspecified atom stereocenters. The van der Waals surface area contributed by atoms with Crippen LogP contribution < -0.4 is 0 Å². The second-order valence-electron chi connectivity index (χ2n) is 5.31. The van der Waals surface area contributed by atoms with Crippen molar-refractivity contribution in [2.24, 2.45) is 0 Å².